The zero-order valence-corrected chi connectivity index (χ0v) is 16.0. The first kappa shape index (κ1) is 17.3. The number of benzene rings is 2. The van der Waals surface area contributed by atoms with Gasteiger partial charge in [-0.1, -0.05) is 11.6 Å². The predicted molar refractivity (Wildman–Crippen MR) is 109 cm³/mol. The van der Waals surface area contributed by atoms with Crippen LogP contribution in [0.2, 0.25) is 0 Å². The Bertz CT molecular complexity index is 1170. The molecule has 6 heteroatoms. The van der Waals surface area contributed by atoms with Gasteiger partial charge in [-0.25, -0.2) is 4.98 Å². The molecule has 5 nitrogen and oxygen atoms in total. The molecule has 0 aliphatic rings. The van der Waals surface area contributed by atoms with Crippen molar-refractivity contribution >= 4 is 44.1 Å². The van der Waals surface area contributed by atoms with Crippen LogP contribution < -0.4 is 14.8 Å². The Morgan fingerprint density at radius 1 is 0.963 bits per heavy atom. The second-order valence-electron chi connectivity index (χ2n) is 6.21. The lowest BCUT2D eigenvalue weighted by molar-refractivity contribution is 0.103. The maximum Gasteiger partial charge on any atom is 0.265 e. The topological polar surface area (TPSA) is 60.5 Å². The van der Waals surface area contributed by atoms with Gasteiger partial charge in [0, 0.05) is 22.5 Å². The summed E-state index contributed by atoms with van der Waals surface area (Å²) in [7, 11) is 3.14. The highest BCUT2D eigenvalue weighted by atomic mass is 32.1. The quantitative estimate of drug-likeness (QED) is 0.541. The van der Waals surface area contributed by atoms with Crippen LogP contribution in [-0.2, 0) is 0 Å². The number of rotatable bonds is 4. The molecule has 0 bridgehead atoms. The van der Waals surface area contributed by atoms with E-state index in [0.29, 0.717) is 22.1 Å². The molecule has 0 radical (unpaired) electrons. The Kier molecular flexibility index (Phi) is 4.41. The summed E-state index contributed by atoms with van der Waals surface area (Å²) in [6, 6.07) is 15.4. The molecule has 0 aliphatic carbocycles. The van der Waals surface area contributed by atoms with Gasteiger partial charge in [-0.05, 0) is 43.3 Å². The molecule has 136 valence electrons. The highest BCUT2D eigenvalue weighted by Gasteiger charge is 2.13. The molecule has 27 heavy (non-hydrogen) atoms. The van der Waals surface area contributed by atoms with Crippen molar-refractivity contribution < 1.29 is 14.3 Å². The molecular formula is C21H18N2O3S. The molecular weight excluding hydrogens is 360 g/mol. The minimum atomic E-state index is -0.176. The van der Waals surface area contributed by atoms with Gasteiger partial charge in [0.1, 0.15) is 4.83 Å². The Morgan fingerprint density at radius 2 is 1.78 bits per heavy atom. The van der Waals surface area contributed by atoms with Crippen molar-refractivity contribution in [1.82, 2.24) is 4.98 Å². The van der Waals surface area contributed by atoms with Crippen molar-refractivity contribution in [3.63, 3.8) is 0 Å². The summed E-state index contributed by atoms with van der Waals surface area (Å²) in [5.74, 6) is 1.00. The predicted octanol–water partition coefficient (Wildman–Crippen LogP) is 5.03. The van der Waals surface area contributed by atoms with E-state index in [9.17, 15) is 4.79 Å². The number of anilines is 1. The summed E-state index contributed by atoms with van der Waals surface area (Å²) >= 11 is 1.38. The fraction of sp³-hybridized carbons (Fsp3) is 0.143. The molecule has 0 fully saturated rings. The molecule has 1 amide bonds. The van der Waals surface area contributed by atoms with E-state index in [-0.39, 0.29) is 5.91 Å². The zero-order valence-electron chi connectivity index (χ0n) is 15.2. The number of hydrogen-bond acceptors (Lipinski definition) is 5. The van der Waals surface area contributed by atoms with Gasteiger partial charge >= 0.3 is 0 Å². The molecule has 0 saturated heterocycles. The van der Waals surface area contributed by atoms with Gasteiger partial charge in [0.05, 0.1) is 24.6 Å². The third-order valence-corrected chi connectivity index (χ3v) is 5.36. The van der Waals surface area contributed by atoms with Crippen molar-refractivity contribution in [1.29, 1.82) is 0 Å². The summed E-state index contributed by atoms with van der Waals surface area (Å²) in [5.41, 5.74) is 2.76. The van der Waals surface area contributed by atoms with Gasteiger partial charge in [-0.3, -0.25) is 4.79 Å². The smallest absolute Gasteiger partial charge is 0.265 e. The lowest BCUT2D eigenvalue weighted by atomic mass is 10.1. The number of thiophene rings is 1. The number of nitrogens with one attached hydrogen (secondary N) is 1. The van der Waals surface area contributed by atoms with E-state index in [0.717, 1.165) is 21.1 Å². The third-order valence-electron chi connectivity index (χ3n) is 4.32. The van der Waals surface area contributed by atoms with Crippen molar-refractivity contribution in [2.75, 3.05) is 19.5 Å². The summed E-state index contributed by atoms with van der Waals surface area (Å²) in [6.07, 6.45) is 0. The lowest BCUT2D eigenvalue weighted by Gasteiger charge is -2.10. The molecule has 2 aromatic heterocycles. The molecule has 1 N–H and O–H groups in total. The number of fused-ring (bicyclic) bond motifs is 2. The number of amides is 1. The largest absolute Gasteiger partial charge is 0.493 e. The van der Waals surface area contributed by atoms with E-state index in [1.165, 1.54) is 16.9 Å². The van der Waals surface area contributed by atoms with Crippen molar-refractivity contribution in [2.45, 2.75) is 6.92 Å². The van der Waals surface area contributed by atoms with Gasteiger partial charge < -0.3 is 14.8 Å². The molecule has 4 aromatic rings. The fourth-order valence-corrected chi connectivity index (χ4v) is 3.89. The minimum absolute atomic E-state index is 0.176. The number of hydrogen-bond donors (Lipinski definition) is 1. The average Bonchev–Trinajstić information content (AvgIpc) is 3.09. The van der Waals surface area contributed by atoms with E-state index >= 15 is 0 Å². The number of carbonyl (C=O) groups is 1. The average molecular weight is 378 g/mol. The summed E-state index contributed by atoms with van der Waals surface area (Å²) in [5, 5.41) is 4.95. The number of nitrogens with zero attached hydrogens (tertiary/aromatic N) is 1. The van der Waals surface area contributed by atoms with Crippen LogP contribution in [0.15, 0.2) is 48.5 Å². The van der Waals surface area contributed by atoms with Crippen LogP contribution in [0.5, 0.6) is 11.5 Å². The first-order valence-electron chi connectivity index (χ1n) is 8.42. The molecule has 0 saturated carbocycles. The summed E-state index contributed by atoms with van der Waals surface area (Å²) in [6.45, 7) is 2.05. The molecule has 0 atom stereocenters. The second kappa shape index (κ2) is 6.89. The molecule has 0 spiro atoms. The van der Waals surface area contributed by atoms with Crippen LogP contribution in [0, 0.1) is 6.92 Å². The van der Waals surface area contributed by atoms with E-state index in [4.69, 9.17) is 9.47 Å². The first-order valence-corrected chi connectivity index (χ1v) is 9.23. The Balaban J connectivity index is 1.65. The normalized spacial score (nSPS) is 10.9. The Morgan fingerprint density at radius 3 is 2.56 bits per heavy atom. The van der Waals surface area contributed by atoms with Crippen LogP contribution in [0.25, 0.3) is 21.1 Å². The van der Waals surface area contributed by atoms with Crippen molar-refractivity contribution in [2.24, 2.45) is 0 Å². The second-order valence-corrected chi connectivity index (χ2v) is 7.24. The van der Waals surface area contributed by atoms with Crippen molar-refractivity contribution in [3.8, 4) is 11.5 Å². The first-order chi connectivity index (χ1) is 13.1. The van der Waals surface area contributed by atoms with Gasteiger partial charge in [0.25, 0.3) is 5.91 Å². The molecule has 2 heterocycles. The van der Waals surface area contributed by atoms with Crippen LogP contribution in [0.1, 0.15) is 15.2 Å². The molecule has 4 rings (SSSR count). The van der Waals surface area contributed by atoms with Crippen LogP contribution in [-0.4, -0.2) is 25.1 Å². The Labute approximate surface area is 160 Å². The van der Waals surface area contributed by atoms with Gasteiger partial charge in [0.2, 0.25) is 0 Å². The highest BCUT2D eigenvalue weighted by molar-refractivity contribution is 7.20. The van der Waals surface area contributed by atoms with Crippen LogP contribution in [0.4, 0.5) is 5.69 Å². The number of methoxy groups -OCH3 is 2. The monoisotopic (exact) mass is 378 g/mol. The maximum absolute atomic E-state index is 12.7. The summed E-state index contributed by atoms with van der Waals surface area (Å²) < 4.78 is 10.5. The van der Waals surface area contributed by atoms with Gasteiger partial charge in [0.15, 0.2) is 11.5 Å². The van der Waals surface area contributed by atoms with Gasteiger partial charge in [-0.2, -0.15) is 0 Å². The summed E-state index contributed by atoms with van der Waals surface area (Å²) in [4.78, 5) is 18.8. The standard InChI is InChI=1S/C21H18N2O3S/c1-12-4-6-16-13(8-12)9-14-10-19(27-21(14)23-16)20(24)22-15-5-7-17(25-2)18(11-15)26-3/h4-11H,1-3H3,(H,22,24). The fourth-order valence-electron chi connectivity index (χ4n) is 2.97. The van der Waals surface area contributed by atoms with Gasteiger partial charge in [-0.15, -0.1) is 11.3 Å². The van der Waals surface area contributed by atoms with Crippen LogP contribution in [0.3, 0.4) is 0 Å². The van der Waals surface area contributed by atoms with E-state index < -0.39 is 0 Å². The van der Waals surface area contributed by atoms with E-state index in [2.05, 4.69) is 29.4 Å². The van der Waals surface area contributed by atoms with Crippen LogP contribution >= 0.6 is 11.3 Å². The number of pyridine rings is 1. The lowest BCUT2D eigenvalue weighted by Crippen LogP contribution is -2.10. The van der Waals surface area contributed by atoms with E-state index in [1.54, 1.807) is 32.4 Å². The molecule has 0 unspecified atom stereocenters. The molecule has 2 aromatic carbocycles. The Hall–Kier alpha value is -3.12. The minimum Gasteiger partial charge on any atom is -0.493 e. The number of aryl methyl sites for hydroxylation is 1. The number of aromatic nitrogens is 1. The maximum atomic E-state index is 12.7. The van der Waals surface area contributed by atoms with E-state index in [1.807, 2.05) is 18.2 Å². The number of ether oxygens (including phenoxy) is 2. The zero-order chi connectivity index (χ0) is 19.0. The van der Waals surface area contributed by atoms with Crippen molar-refractivity contribution in [3.05, 3.63) is 59.0 Å². The highest BCUT2D eigenvalue weighted by Crippen LogP contribution is 2.31. The SMILES string of the molecule is COc1ccc(NC(=O)c2cc3cc4cc(C)ccc4nc3s2)cc1OC. The molecule has 0 aliphatic heterocycles. The number of carbonyl (C=O) groups excluding carboxylic acids is 1. The third kappa shape index (κ3) is 3.31.